The molecule has 1 aliphatic rings. The van der Waals surface area contributed by atoms with Crippen LogP contribution in [0.5, 0.6) is 0 Å². The van der Waals surface area contributed by atoms with Gasteiger partial charge >= 0.3 is 0 Å². The van der Waals surface area contributed by atoms with Crippen molar-refractivity contribution < 1.29 is 9.47 Å². The maximum absolute atomic E-state index is 5.89. The minimum absolute atomic E-state index is 0.354. The van der Waals surface area contributed by atoms with Gasteiger partial charge in [-0.3, -0.25) is 0 Å². The van der Waals surface area contributed by atoms with Crippen molar-refractivity contribution in [3.63, 3.8) is 0 Å². The molecule has 18 heavy (non-hydrogen) atoms. The van der Waals surface area contributed by atoms with Gasteiger partial charge in [-0.05, 0) is 25.3 Å². The van der Waals surface area contributed by atoms with E-state index >= 15 is 0 Å². The number of methoxy groups -OCH3 is 2. The van der Waals surface area contributed by atoms with Crippen LogP contribution in [0.3, 0.4) is 0 Å². The summed E-state index contributed by atoms with van der Waals surface area (Å²) in [6, 6.07) is 0.425. The standard InChI is InChI=1S/C13H23N3O2/c1-17-13(18-2)12-8-15-9-16(12)11-6-4-3-5-10(11)7-14/h8-11,13H,3-7,14H2,1-2H3. The van der Waals surface area contributed by atoms with Crippen molar-refractivity contribution in [2.45, 2.75) is 38.0 Å². The third-order valence-electron chi connectivity index (χ3n) is 3.89. The molecule has 102 valence electrons. The van der Waals surface area contributed by atoms with Gasteiger partial charge in [0.15, 0.2) is 6.29 Å². The molecule has 1 saturated carbocycles. The molecule has 1 aliphatic carbocycles. The van der Waals surface area contributed by atoms with E-state index in [1.807, 2.05) is 12.5 Å². The van der Waals surface area contributed by atoms with Gasteiger partial charge in [0.2, 0.25) is 0 Å². The molecule has 5 heteroatoms. The molecule has 0 radical (unpaired) electrons. The maximum atomic E-state index is 5.89. The fourth-order valence-corrected chi connectivity index (χ4v) is 2.94. The summed E-state index contributed by atoms with van der Waals surface area (Å²) in [5.41, 5.74) is 6.87. The zero-order chi connectivity index (χ0) is 13.0. The molecule has 1 aromatic rings. The van der Waals surface area contributed by atoms with Gasteiger partial charge in [-0.25, -0.2) is 4.98 Å². The molecule has 2 rings (SSSR count). The molecule has 1 aromatic heterocycles. The number of rotatable bonds is 5. The van der Waals surface area contributed by atoms with Crippen LogP contribution in [-0.4, -0.2) is 30.3 Å². The Hall–Kier alpha value is -0.910. The SMILES string of the molecule is COC(OC)c1cncn1C1CCCCC1CN. The molecule has 0 aromatic carbocycles. The molecule has 1 fully saturated rings. The Kier molecular flexibility index (Phi) is 4.74. The first-order chi connectivity index (χ1) is 8.81. The number of imidazole rings is 1. The normalized spacial score (nSPS) is 24.7. The Labute approximate surface area is 108 Å². The van der Waals surface area contributed by atoms with Gasteiger partial charge in [0.25, 0.3) is 0 Å². The van der Waals surface area contributed by atoms with Gasteiger partial charge in [0, 0.05) is 20.3 Å². The van der Waals surface area contributed by atoms with E-state index in [4.69, 9.17) is 15.2 Å². The molecule has 2 unspecified atom stereocenters. The van der Waals surface area contributed by atoms with E-state index in [2.05, 4.69) is 9.55 Å². The first-order valence-electron chi connectivity index (χ1n) is 6.59. The molecule has 5 nitrogen and oxygen atoms in total. The maximum Gasteiger partial charge on any atom is 0.200 e. The van der Waals surface area contributed by atoms with Gasteiger partial charge in [-0.2, -0.15) is 0 Å². The fraction of sp³-hybridized carbons (Fsp3) is 0.769. The second-order valence-electron chi connectivity index (χ2n) is 4.88. The highest BCUT2D eigenvalue weighted by Crippen LogP contribution is 2.35. The van der Waals surface area contributed by atoms with Crippen LogP contribution >= 0.6 is 0 Å². The number of hydrogen-bond donors (Lipinski definition) is 1. The Balaban J connectivity index is 2.23. The van der Waals surface area contributed by atoms with Crippen LogP contribution < -0.4 is 5.73 Å². The highest BCUT2D eigenvalue weighted by molar-refractivity contribution is 5.04. The van der Waals surface area contributed by atoms with Crippen LogP contribution in [0, 0.1) is 5.92 Å². The summed E-state index contributed by atoms with van der Waals surface area (Å²) in [6.07, 6.45) is 8.23. The van der Waals surface area contributed by atoms with E-state index in [9.17, 15) is 0 Å². The predicted molar refractivity (Wildman–Crippen MR) is 69.0 cm³/mol. The zero-order valence-corrected chi connectivity index (χ0v) is 11.2. The molecule has 2 atom stereocenters. The molecular weight excluding hydrogens is 230 g/mol. The quantitative estimate of drug-likeness (QED) is 0.814. The minimum Gasteiger partial charge on any atom is -0.350 e. The highest BCUT2D eigenvalue weighted by atomic mass is 16.7. The summed E-state index contributed by atoms with van der Waals surface area (Å²) >= 11 is 0. The summed E-state index contributed by atoms with van der Waals surface area (Å²) in [4.78, 5) is 4.25. The summed E-state index contributed by atoms with van der Waals surface area (Å²) in [7, 11) is 3.29. The van der Waals surface area contributed by atoms with Crippen LogP contribution in [0.4, 0.5) is 0 Å². The van der Waals surface area contributed by atoms with E-state index < -0.39 is 0 Å². The third-order valence-corrected chi connectivity index (χ3v) is 3.89. The first-order valence-corrected chi connectivity index (χ1v) is 6.59. The van der Waals surface area contributed by atoms with Crippen molar-refractivity contribution in [1.29, 1.82) is 0 Å². The average molecular weight is 253 g/mol. The van der Waals surface area contributed by atoms with Crippen molar-refractivity contribution >= 4 is 0 Å². The van der Waals surface area contributed by atoms with Crippen LogP contribution in [0.15, 0.2) is 12.5 Å². The summed E-state index contributed by atoms with van der Waals surface area (Å²) < 4.78 is 12.8. The fourth-order valence-electron chi connectivity index (χ4n) is 2.94. The lowest BCUT2D eigenvalue weighted by atomic mass is 9.84. The van der Waals surface area contributed by atoms with E-state index in [0.29, 0.717) is 12.0 Å². The number of hydrogen-bond acceptors (Lipinski definition) is 4. The monoisotopic (exact) mass is 253 g/mol. The van der Waals surface area contributed by atoms with Crippen LogP contribution in [-0.2, 0) is 9.47 Å². The summed E-state index contributed by atoms with van der Waals surface area (Å²) in [5, 5.41) is 0. The second kappa shape index (κ2) is 6.31. The zero-order valence-electron chi connectivity index (χ0n) is 11.2. The van der Waals surface area contributed by atoms with Crippen LogP contribution in [0.2, 0.25) is 0 Å². The van der Waals surface area contributed by atoms with Crippen molar-refractivity contribution in [2.24, 2.45) is 11.7 Å². The molecule has 0 aliphatic heterocycles. The molecule has 0 spiro atoms. The van der Waals surface area contributed by atoms with Gasteiger partial charge in [0.05, 0.1) is 18.2 Å². The lowest BCUT2D eigenvalue weighted by Gasteiger charge is -2.33. The largest absolute Gasteiger partial charge is 0.350 e. The van der Waals surface area contributed by atoms with E-state index in [1.165, 1.54) is 19.3 Å². The van der Waals surface area contributed by atoms with Crippen molar-refractivity contribution in [1.82, 2.24) is 9.55 Å². The molecule has 2 N–H and O–H groups in total. The summed E-state index contributed by atoms with van der Waals surface area (Å²) in [6.45, 7) is 0.729. The molecule has 0 saturated heterocycles. The highest BCUT2D eigenvalue weighted by Gasteiger charge is 2.28. The topological polar surface area (TPSA) is 62.3 Å². The Bertz CT molecular complexity index is 363. The molecular formula is C13H23N3O2. The Morgan fingerprint density at radius 1 is 1.39 bits per heavy atom. The van der Waals surface area contributed by atoms with E-state index in [-0.39, 0.29) is 6.29 Å². The lowest BCUT2D eigenvalue weighted by molar-refractivity contribution is -0.111. The number of ether oxygens (including phenoxy) is 2. The average Bonchev–Trinajstić information content (AvgIpc) is 2.89. The molecule has 0 bridgehead atoms. The summed E-state index contributed by atoms with van der Waals surface area (Å²) in [5.74, 6) is 0.529. The lowest BCUT2D eigenvalue weighted by Crippen LogP contribution is -2.30. The Morgan fingerprint density at radius 3 is 2.78 bits per heavy atom. The van der Waals surface area contributed by atoms with Gasteiger partial charge < -0.3 is 19.8 Å². The van der Waals surface area contributed by atoms with Gasteiger partial charge in [-0.1, -0.05) is 12.8 Å². The molecule has 0 amide bonds. The second-order valence-corrected chi connectivity index (χ2v) is 4.88. The number of aromatic nitrogens is 2. The van der Waals surface area contributed by atoms with Crippen LogP contribution in [0.1, 0.15) is 43.7 Å². The smallest absolute Gasteiger partial charge is 0.200 e. The van der Waals surface area contributed by atoms with E-state index in [1.54, 1.807) is 14.2 Å². The number of nitrogens with two attached hydrogens (primary N) is 1. The third kappa shape index (κ3) is 2.58. The van der Waals surface area contributed by atoms with Crippen molar-refractivity contribution in [3.05, 3.63) is 18.2 Å². The van der Waals surface area contributed by atoms with Crippen molar-refractivity contribution in [3.8, 4) is 0 Å². The van der Waals surface area contributed by atoms with Gasteiger partial charge in [0.1, 0.15) is 0 Å². The predicted octanol–water partition coefficient (Wildman–Crippen LogP) is 1.86. The van der Waals surface area contributed by atoms with Crippen LogP contribution in [0.25, 0.3) is 0 Å². The first kappa shape index (κ1) is 13.5. The minimum atomic E-state index is -0.354. The Morgan fingerprint density at radius 2 is 2.11 bits per heavy atom. The molecule has 1 heterocycles. The van der Waals surface area contributed by atoms with Crippen molar-refractivity contribution in [2.75, 3.05) is 20.8 Å². The number of nitrogens with zero attached hydrogens (tertiary/aromatic N) is 2. The van der Waals surface area contributed by atoms with E-state index in [0.717, 1.165) is 18.7 Å². The van der Waals surface area contributed by atoms with Gasteiger partial charge in [-0.15, -0.1) is 0 Å².